The van der Waals surface area contributed by atoms with Crippen LogP contribution < -0.4 is 5.32 Å². The highest BCUT2D eigenvalue weighted by Gasteiger charge is 2.37. The molecule has 0 radical (unpaired) electrons. The second kappa shape index (κ2) is 4.69. The smallest absolute Gasteiger partial charge is 0.315 e. The monoisotopic (exact) mass is 276 g/mol. The molecule has 0 aromatic carbocycles. The number of alkyl halides is 3. The molecule has 0 atom stereocenters. The fraction of sp³-hybridized carbons (Fsp3) is 0.400. The van der Waals surface area contributed by atoms with Gasteiger partial charge < -0.3 is 5.32 Å². The van der Waals surface area contributed by atoms with Crippen LogP contribution in [0.25, 0.3) is 10.6 Å². The molecule has 1 N–H and O–H groups in total. The Bertz CT molecular complexity index is 544. The number of nitrogens with one attached hydrogen (secondary N) is 1. The van der Waals surface area contributed by atoms with Crippen molar-refractivity contribution >= 4 is 11.3 Å². The number of halogens is 3. The van der Waals surface area contributed by atoms with Gasteiger partial charge in [0.25, 0.3) is 0 Å². The minimum atomic E-state index is -4.43. The summed E-state index contributed by atoms with van der Waals surface area (Å²) in [7, 11) is 3.31. The van der Waals surface area contributed by atoms with Gasteiger partial charge in [0.05, 0.1) is 11.1 Å². The van der Waals surface area contributed by atoms with E-state index in [1.807, 2.05) is 0 Å². The third kappa shape index (κ3) is 2.54. The van der Waals surface area contributed by atoms with Gasteiger partial charge in [-0.15, -0.1) is 11.3 Å². The van der Waals surface area contributed by atoms with E-state index in [0.29, 0.717) is 10.6 Å². The Morgan fingerprint density at radius 2 is 2.17 bits per heavy atom. The Morgan fingerprint density at radius 3 is 2.67 bits per heavy atom. The van der Waals surface area contributed by atoms with Crippen molar-refractivity contribution in [3.05, 3.63) is 23.0 Å². The third-order valence-corrected chi connectivity index (χ3v) is 3.36. The van der Waals surface area contributed by atoms with E-state index in [-0.39, 0.29) is 11.4 Å². The topological polar surface area (TPSA) is 42.7 Å². The van der Waals surface area contributed by atoms with Crippen LogP contribution in [0.5, 0.6) is 0 Å². The van der Waals surface area contributed by atoms with Crippen LogP contribution in [0.15, 0.2) is 12.4 Å². The van der Waals surface area contributed by atoms with Crippen LogP contribution in [0.1, 0.15) is 10.6 Å². The summed E-state index contributed by atoms with van der Waals surface area (Å²) in [5, 5.41) is 6.98. The minimum Gasteiger partial charge on any atom is -0.315 e. The summed E-state index contributed by atoms with van der Waals surface area (Å²) in [6.07, 6.45) is -1.28. The van der Waals surface area contributed by atoms with Crippen molar-refractivity contribution in [3.63, 3.8) is 0 Å². The van der Waals surface area contributed by atoms with Gasteiger partial charge in [-0.05, 0) is 7.05 Å². The molecule has 0 aliphatic carbocycles. The minimum absolute atomic E-state index is 0.146. The maximum absolute atomic E-state index is 12.8. The first-order valence-corrected chi connectivity index (χ1v) is 5.94. The molecule has 0 saturated heterocycles. The SMILES string of the molecule is CNCc1sc(-c2cnn(C)c2)nc1C(F)(F)F. The molecular formula is C10H11F3N4S. The average molecular weight is 276 g/mol. The second-order valence-corrected chi connectivity index (χ2v) is 4.81. The van der Waals surface area contributed by atoms with E-state index in [9.17, 15) is 13.2 Å². The zero-order valence-corrected chi connectivity index (χ0v) is 10.6. The molecule has 0 unspecified atom stereocenters. The largest absolute Gasteiger partial charge is 0.434 e. The van der Waals surface area contributed by atoms with Crippen LogP contribution >= 0.6 is 11.3 Å². The van der Waals surface area contributed by atoms with Crippen molar-refractivity contribution < 1.29 is 13.2 Å². The fourth-order valence-electron chi connectivity index (χ4n) is 1.51. The molecule has 4 nitrogen and oxygen atoms in total. The Labute approximate surface area is 105 Å². The Morgan fingerprint density at radius 1 is 1.44 bits per heavy atom. The van der Waals surface area contributed by atoms with E-state index < -0.39 is 11.9 Å². The highest BCUT2D eigenvalue weighted by molar-refractivity contribution is 7.15. The van der Waals surface area contributed by atoms with Gasteiger partial charge >= 0.3 is 6.18 Å². The Balaban J connectivity index is 2.45. The first-order valence-electron chi connectivity index (χ1n) is 5.12. The van der Waals surface area contributed by atoms with Gasteiger partial charge in [-0.2, -0.15) is 18.3 Å². The summed E-state index contributed by atoms with van der Waals surface area (Å²) >= 11 is 1.03. The van der Waals surface area contributed by atoms with Gasteiger partial charge in [-0.1, -0.05) is 0 Å². The highest BCUT2D eigenvalue weighted by atomic mass is 32.1. The molecule has 0 saturated carbocycles. The maximum Gasteiger partial charge on any atom is 0.434 e. The number of aryl methyl sites for hydroxylation is 1. The first-order chi connectivity index (χ1) is 8.41. The molecule has 0 bridgehead atoms. The molecule has 18 heavy (non-hydrogen) atoms. The van der Waals surface area contributed by atoms with E-state index in [2.05, 4.69) is 15.4 Å². The standard InChI is InChI=1S/C10H11F3N4S/c1-14-4-7-8(10(11,12)13)16-9(18-7)6-3-15-17(2)5-6/h3,5,14H,4H2,1-2H3. The molecule has 98 valence electrons. The summed E-state index contributed by atoms with van der Waals surface area (Å²) in [6, 6.07) is 0. The van der Waals surface area contributed by atoms with Gasteiger partial charge in [-0.3, -0.25) is 4.68 Å². The predicted molar refractivity (Wildman–Crippen MR) is 62.1 cm³/mol. The first kappa shape index (κ1) is 13.0. The number of hydrogen-bond acceptors (Lipinski definition) is 4. The number of rotatable bonds is 3. The predicted octanol–water partition coefficient (Wildman–Crippen LogP) is 2.28. The van der Waals surface area contributed by atoms with Crippen molar-refractivity contribution in [1.29, 1.82) is 0 Å². The fourth-order valence-corrected chi connectivity index (χ4v) is 2.58. The zero-order valence-electron chi connectivity index (χ0n) is 9.75. The average Bonchev–Trinajstić information content (AvgIpc) is 2.84. The number of aromatic nitrogens is 3. The lowest BCUT2D eigenvalue weighted by atomic mass is 10.3. The molecule has 2 rings (SSSR count). The molecule has 2 heterocycles. The lowest BCUT2D eigenvalue weighted by Crippen LogP contribution is -2.12. The van der Waals surface area contributed by atoms with Gasteiger partial charge in [0, 0.05) is 25.4 Å². The van der Waals surface area contributed by atoms with Crippen LogP contribution in [0.3, 0.4) is 0 Å². The molecule has 8 heteroatoms. The number of nitrogens with zero attached hydrogens (tertiary/aromatic N) is 3. The summed E-state index contributed by atoms with van der Waals surface area (Å²) in [6.45, 7) is 0.146. The second-order valence-electron chi connectivity index (χ2n) is 3.72. The van der Waals surface area contributed by atoms with Crippen molar-refractivity contribution in [3.8, 4) is 10.6 Å². The summed E-state index contributed by atoms with van der Waals surface area (Å²) in [4.78, 5) is 3.87. The number of hydrogen-bond donors (Lipinski definition) is 1. The lowest BCUT2D eigenvalue weighted by Gasteiger charge is -2.04. The Hall–Kier alpha value is -1.41. The van der Waals surface area contributed by atoms with E-state index in [0.717, 1.165) is 11.3 Å². The highest BCUT2D eigenvalue weighted by Crippen LogP contribution is 2.37. The van der Waals surface area contributed by atoms with Crippen LogP contribution in [0.4, 0.5) is 13.2 Å². The van der Waals surface area contributed by atoms with Gasteiger partial charge in [-0.25, -0.2) is 4.98 Å². The third-order valence-electron chi connectivity index (χ3n) is 2.26. The molecule has 0 aliphatic rings. The van der Waals surface area contributed by atoms with Gasteiger partial charge in [0.1, 0.15) is 5.01 Å². The normalized spacial score (nSPS) is 12.1. The molecule has 2 aromatic rings. The molecule has 2 aromatic heterocycles. The summed E-state index contributed by atoms with van der Waals surface area (Å²) < 4.78 is 39.9. The van der Waals surface area contributed by atoms with Crippen molar-refractivity contribution in [2.75, 3.05) is 7.05 Å². The van der Waals surface area contributed by atoms with Gasteiger partial charge in [0.2, 0.25) is 0 Å². The van der Waals surface area contributed by atoms with Gasteiger partial charge in [0.15, 0.2) is 5.69 Å². The summed E-state index contributed by atoms with van der Waals surface area (Å²) in [5.41, 5.74) is -0.226. The summed E-state index contributed by atoms with van der Waals surface area (Å²) in [5.74, 6) is 0. The lowest BCUT2D eigenvalue weighted by molar-refractivity contribution is -0.141. The van der Waals surface area contributed by atoms with E-state index in [1.165, 1.54) is 10.9 Å². The van der Waals surface area contributed by atoms with Crippen molar-refractivity contribution in [2.45, 2.75) is 12.7 Å². The van der Waals surface area contributed by atoms with E-state index in [1.54, 1.807) is 20.3 Å². The van der Waals surface area contributed by atoms with Crippen molar-refractivity contribution in [1.82, 2.24) is 20.1 Å². The molecule has 0 fully saturated rings. The van der Waals surface area contributed by atoms with Crippen LogP contribution in [-0.4, -0.2) is 21.8 Å². The number of thiazole rings is 1. The van der Waals surface area contributed by atoms with Crippen LogP contribution in [-0.2, 0) is 19.8 Å². The zero-order chi connectivity index (χ0) is 13.3. The quantitative estimate of drug-likeness (QED) is 0.935. The molecular weight excluding hydrogens is 265 g/mol. The van der Waals surface area contributed by atoms with E-state index in [4.69, 9.17) is 0 Å². The van der Waals surface area contributed by atoms with E-state index >= 15 is 0 Å². The maximum atomic E-state index is 12.8. The molecule has 0 spiro atoms. The van der Waals surface area contributed by atoms with Crippen LogP contribution in [0, 0.1) is 0 Å². The molecule has 0 amide bonds. The van der Waals surface area contributed by atoms with Crippen molar-refractivity contribution in [2.24, 2.45) is 7.05 Å². The molecule has 0 aliphatic heterocycles. The van der Waals surface area contributed by atoms with Crippen LogP contribution in [0.2, 0.25) is 0 Å². The Kier molecular flexibility index (Phi) is 3.40.